The van der Waals surface area contributed by atoms with Crippen LogP contribution in [0, 0.1) is 0 Å². The Kier molecular flexibility index (Phi) is 21.8. The summed E-state index contributed by atoms with van der Waals surface area (Å²) in [7, 11) is 0. The molecule has 0 unspecified atom stereocenters. The van der Waals surface area contributed by atoms with Crippen molar-refractivity contribution < 1.29 is 0 Å². The molecule has 17 heavy (non-hydrogen) atoms. The molecule has 0 atom stereocenters. The van der Waals surface area contributed by atoms with Gasteiger partial charge in [0.25, 0.3) is 0 Å². The Hall–Kier alpha value is 0.400. The highest BCUT2D eigenvalue weighted by Crippen LogP contribution is 2.10. The summed E-state index contributed by atoms with van der Waals surface area (Å²) in [6, 6.07) is 0. The molecular weight excluding hydrogens is 276 g/mol. The minimum absolute atomic E-state index is 0. The zero-order valence-corrected chi connectivity index (χ0v) is 13.4. The maximum Gasteiger partial charge on any atom is 0.00745 e. The summed E-state index contributed by atoms with van der Waals surface area (Å²) < 4.78 is 0. The Labute approximate surface area is 119 Å². The lowest BCUT2D eigenvalue weighted by Gasteiger charge is -2.03. The van der Waals surface area contributed by atoms with E-state index in [1.807, 2.05) is 0 Å². The lowest BCUT2D eigenvalue weighted by Crippen LogP contribution is -2.23. The molecule has 106 valence electrons. The molecule has 0 fully saturated rings. The summed E-state index contributed by atoms with van der Waals surface area (Å²) in [4.78, 5) is 0. The van der Waals surface area contributed by atoms with E-state index in [-0.39, 0.29) is 17.0 Å². The second kappa shape index (κ2) is 18.8. The van der Waals surface area contributed by atoms with Gasteiger partial charge in [0.1, 0.15) is 0 Å². The third-order valence-electron chi connectivity index (χ3n) is 3.03. The largest absolute Gasteiger partial charge is 0.329 e. The summed E-state index contributed by atoms with van der Waals surface area (Å²) >= 11 is 0. The number of unbranched alkanes of at least 4 members (excludes halogenated alkanes) is 9. The van der Waals surface area contributed by atoms with E-state index in [4.69, 9.17) is 5.73 Å². The van der Waals surface area contributed by atoms with Gasteiger partial charge in [-0.25, -0.2) is 0 Å². The van der Waals surface area contributed by atoms with Crippen molar-refractivity contribution in [1.82, 2.24) is 5.32 Å². The van der Waals surface area contributed by atoms with Gasteiger partial charge in [-0.05, 0) is 13.0 Å². The number of hydrogen-bond acceptors (Lipinski definition) is 2. The molecule has 0 aromatic heterocycles. The number of hydrogen-bond donors (Lipinski definition) is 2. The Morgan fingerprint density at radius 2 is 1.18 bits per heavy atom. The molecule has 3 heteroatoms. The first-order valence-corrected chi connectivity index (χ1v) is 7.32. The highest BCUT2D eigenvalue weighted by molar-refractivity contribution is 8.93. The van der Waals surface area contributed by atoms with E-state index in [1.165, 1.54) is 64.2 Å². The van der Waals surface area contributed by atoms with Crippen LogP contribution in [0.15, 0.2) is 0 Å². The van der Waals surface area contributed by atoms with E-state index < -0.39 is 0 Å². The van der Waals surface area contributed by atoms with Gasteiger partial charge in [-0.3, -0.25) is 0 Å². The molecule has 0 bridgehead atoms. The first-order valence-electron chi connectivity index (χ1n) is 7.32. The fourth-order valence-corrected chi connectivity index (χ4v) is 1.96. The van der Waals surface area contributed by atoms with Crippen molar-refractivity contribution in [2.24, 2.45) is 5.73 Å². The van der Waals surface area contributed by atoms with Gasteiger partial charge >= 0.3 is 0 Å². The van der Waals surface area contributed by atoms with Gasteiger partial charge in [-0.15, -0.1) is 17.0 Å². The lowest BCUT2D eigenvalue weighted by molar-refractivity contribution is 0.545. The molecule has 0 rings (SSSR count). The summed E-state index contributed by atoms with van der Waals surface area (Å²) in [6.07, 6.45) is 14.1. The van der Waals surface area contributed by atoms with Crippen molar-refractivity contribution in [1.29, 1.82) is 0 Å². The van der Waals surface area contributed by atoms with Crippen molar-refractivity contribution in [3.8, 4) is 0 Å². The van der Waals surface area contributed by atoms with Crippen LogP contribution in [0.25, 0.3) is 0 Å². The summed E-state index contributed by atoms with van der Waals surface area (Å²) in [5.74, 6) is 0. The number of rotatable bonds is 13. The SMILES string of the molecule is Br.CCCCCCCCCCCCNCCN. The molecule has 0 spiro atoms. The zero-order chi connectivity index (χ0) is 11.9. The van der Waals surface area contributed by atoms with Gasteiger partial charge in [0.05, 0.1) is 0 Å². The van der Waals surface area contributed by atoms with E-state index in [0.29, 0.717) is 0 Å². The number of nitrogens with one attached hydrogen (secondary N) is 1. The second-order valence-corrected chi connectivity index (χ2v) is 4.72. The van der Waals surface area contributed by atoms with Crippen LogP contribution >= 0.6 is 17.0 Å². The minimum atomic E-state index is 0. The standard InChI is InChI=1S/C14H32N2.BrH/c1-2-3-4-5-6-7-8-9-10-11-13-16-14-12-15;/h16H,2-15H2,1H3;1H. The third-order valence-corrected chi connectivity index (χ3v) is 3.03. The molecule has 0 saturated heterocycles. The Bertz CT molecular complexity index is 107. The lowest BCUT2D eigenvalue weighted by atomic mass is 10.1. The van der Waals surface area contributed by atoms with E-state index in [1.54, 1.807) is 0 Å². The van der Waals surface area contributed by atoms with Crippen LogP contribution < -0.4 is 11.1 Å². The summed E-state index contributed by atoms with van der Waals surface area (Å²) in [5.41, 5.74) is 5.40. The van der Waals surface area contributed by atoms with Crippen LogP contribution in [0.1, 0.15) is 71.1 Å². The third kappa shape index (κ3) is 18.9. The van der Waals surface area contributed by atoms with Crippen LogP contribution in [0.5, 0.6) is 0 Å². The molecule has 0 aliphatic carbocycles. The molecule has 0 heterocycles. The monoisotopic (exact) mass is 308 g/mol. The van der Waals surface area contributed by atoms with E-state index >= 15 is 0 Å². The van der Waals surface area contributed by atoms with Gasteiger partial charge in [0.2, 0.25) is 0 Å². The Morgan fingerprint density at radius 1 is 0.706 bits per heavy atom. The minimum Gasteiger partial charge on any atom is -0.329 e. The van der Waals surface area contributed by atoms with Crippen LogP contribution in [-0.2, 0) is 0 Å². The van der Waals surface area contributed by atoms with Crippen molar-refractivity contribution in [3.63, 3.8) is 0 Å². The fraction of sp³-hybridized carbons (Fsp3) is 1.00. The van der Waals surface area contributed by atoms with E-state index in [9.17, 15) is 0 Å². The van der Waals surface area contributed by atoms with Crippen LogP contribution in [0.4, 0.5) is 0 Å². The molecule has 0 aromatic carbocycles. The van der Waals surface area contributed by atoms with Crippen LogP contribution in [0.2, 0.25) is 0 Å². The normalized spacial score (nSPS) is 10.2. The highest BCUT2D eigenvalue weighted by Gasteiger charge is 1.92. The molecule has 0 saturated carbocycles. The molecule has 0 radical (unpaired) electrons. The van der Waals surface area contributed by atoms with Gasteiger partial charge < -0.3 is 11.1 Å². The smallest absolute Gasteiger partial charge is 0.00745 e. The predicted molar refractivity (Wildman–Crippen MR) is 84.1 cm³/mol. The van der Waals surface area contributed by atoms with Crippen molar-refractivity contribution in [2.45, 2.75) is 71.1 Å². The summed E-state index contributed by atoms with van der Waals surface area (Å²) in [5, 5.41) is 3.34. The first-order chi connectivity index (χ1) is 7.91. The van der Waals surface area contributed by atoms with Crippen molar-refractivity contribution in [3.05, 3.63) is 0 Å². The van der Waals surface area contributed by atoms with Crippen molar-refractivity contribution >= 4 is 17.0 Å². The average molecular weight is 309 g/mol. The first kappa shape index (κ1) is 19.7. The Morgan fingerprint density at radius 3 is 1.65 bits per heavy atom. The number of halogens is 1. The fourth-order valence-electron chi connectivity index (χ4n) is 1.96. The molecular formula is C14H33BrN2. The Balaban J connectivity index is 0. The molecule has 0 aromatic rings. The predicted octanol–water partition coefficient (Wildman–Crippen LogP) is 4.03. The van der Waals surface area contributed by atoms with Crippen molar-refractivity contribution in [2.75, 3.05) is 19.6 Å². The van der Waals surface area contributed by atoms with Gasteiger partial charge in [-0.2, -0.15) is 0 Å². The molecule has 0 aliphatic heterocycles. The van der Waals surface area contributed by atoms with Gasteiger partial charge in [0, 0.05) is 13.1 Å². The molecule has 0 aliphatic rings. The summed E-state index contributed by atoms with van der Waals surface area (Å²) in [6.45, 7) is 5.15. The molecule has 2 nitrogen and oxygen atoms in total. The topological polar surface area (TPSA) is 38.0 Å². The maximum absolute atomic E-state index is 5.40. The van der Waals surface area contributed by atoms with Gasteiger partial charge in [0.15, 0.2) is 0 Å². The van der Waals surface area contributed by atoms with E-state index in [2.05, 4.69) is 12.2 Å². The van der Waals surface area contributed by atoms with E-state index in [0.717, 1.165) is 19.6 Å². The average Bonchev–Trinajstić information content (AvgIpc) is 2.31. The van der Waals surface area contributed by atoms with Crippen LogP contribution in [-0.4, -0.2) is 19.6 Å². The number of nitrogens with two attached hydrogens (primary N) is 1. The quantitative estimate of drug-likeness (QED) is 0.504. The highest BCUT2D eigenvalue weighted by atomic mass is 79.9. The molecule has 0 amide bonds. The second-order valence-electron chi connectivity index (χ2n) is 4.72. The van der Waals surface area contributed by atoms with Crippen LogP contribution in [0.3, 0.4) is 0 Å². The molecule has 3 N–H and O–H groups in total. The maximum atomic E-state index is 5.40. The zero-order valence-electron chi connectivity index (χ0n) is 11.7. The van der Waals surface area contributed by atoms with Gasteiger partial charge in [-0.1, -0.05) is 64.7 Å².